The number of rotatable bonds is 7. The van der Waals surface area contributed by atoms with Gasteiger partial charge in [0.15, 0.2) is 11.5 Å². The molecule has 7 nitrogen and oxygen atoms in total. The van der Waals surface area contributed by atoms with E-state index in [1.807, 2.05) is 13.8 Å². The lowest BCUT2D eigenvalue weighted by atomic mass is 10.2. The van der Waals surface area contributed by atoms with Crippen LogP contribution in [0.5, 0.6) is 17.2 Å². The van der Waals surface area contributed by atoms with Gasteiger partial charge in [0, 0.05) is 23.5 Å². The Morgan fingerprint density at radius 1 is 1.08 bits per heavy atom. The van der Waals surface area contributed by atoms with Crippen molar-refractivity contribution < 1.29 is 14.3 Å². The van der Waals surface area contributed by atoms with Gasteiger partial charge in [-0.25, -0.2) is 4.79 Å². The second-order valence-corrected chi connectivity index (χ2v) is 5.65. The van der Waals surface area contributed by atoms with Gasteiger partial charge in [-0.05, 0) is 49.2 Å². The fourth-order valence-electron chi connectivity index (χ4n) is 2.34. The molecule has 0 heterocycles. The summed E-state index contributed by atoms with van der Waals surface area (Å²) in [6.45, 7) is 4.08. The molecule has 0 spiro atoms. The van der Waals surface area contributed by atoms with E-state index in [-0.39, 0.29) is 18.2 Å². The van der Waals surface area contributed by atoms with E-state index >= 15 is 0 Å². The zero-order valence-corrected chi connectivity index (χ0v) is 15.5. The van der Waals surface area contributed by atoms with Crippen molar-refractivity contribution in [2.45, 2.75) is 32.7 Å². The van der Waals surface area contributed by atoms with Crippen molar-refractivity contribution in [3.05, 3.63) is 42.5 Å². The third-order valence-electron chi connectivity index (χ3n) is 3.85. The van der Waals surface area contributed by atoms with Gasteiger partial charge in [0.25, 0.3) is 0 Å². The molecular formula is C19H28N4O3. The highest BCUT2D eigenvalue weighted by Crippen LogP contribution is 2.34. The number of nitrogens with one attached hydrogen (secondary N) is 2. The van der Waals surface area contributed by atoms with E-state index in [0.29, 0.717) is 28.6 Å². The first-order chi connectivity index (χ1) is 12.0. The largest absolute Gasteiger partial charge is 0.493 e. The number of anilines is 2. The second-order valence-electron chi connectivity index (χ2n) is 5.65. The molecular weight excluding hydrogens is 332 g/mol. The normalized spacial score (nSPS) is 10.0. The molecule has 2 rings (SSSR count). The maximum Gasteiger partial charge on any atom is 0.319 e. The van der Waals surface area contributed by atoms with Crippen LogP contribution in [0.1, 0.15) is 26.7 Å². The molecule has 0 aliphatic rings. The number of hydrogen-bond donors (Lipinski definition) is 4. The molecule has 7 heteroatoms. The molecule has 0 saturated carbocycles. The van der Waals surface area contributed by atoms with Gasteiger partial charge in [0.1, 0.15) is 5.75 Å². The van der Waals surface area contributed by atoms with Crippen LogP contribution in [0.25, 0.3) is 0 Å². The smallest absolute Gasteiger partial charge is 0.319 e. The Morgan fingerprint density at radius 2 is 1.73 bits per heavy atom. The number of methoxy groups -OCH3 is 1. The molecule has 0 aromatic heterocycles. The summed E-state index contributed by atoms with van der Waals surface area (Å²) in [5.74, 6) is 1.73. The number of amides is 2. The molecule has 2 aromatic rings. The number of carbonyl (C=O) groups is 1. The quantitative estimate of drug-likeness (QED) is 0.540. The predicted octanol–water partition coefficient (Wildman–Crippen LogP) is 4.54. The Bertz CT molecular complexity index is 700. The van der Waals surface area contributed by atoms with Gasteiger partial charge in [-0.2, -0.15) is 0 Å². The number of ether oxygens (including phenoxy) is 2. The van der Waals surface area contributed by atoms with Gasteiger partial charge in [0.05, 0.1) is 7.11 Å². The van der Waals surface area contributed by atoms with Crippen LogP contribution in [0.2, 0.25) is 0 Å². The Hall–Kier alpha value is -2.93. The number of carbonyl (C=O) groups excluding carboxylic acids is 1. The Balaban J connectivity index is 0.00000338. The average molecular weight is 360 g/mol. The zero-order valence-electron chi connectivity index (χ0n) is 15.5. The molecule has 26 heavy (non-hydrogen) atoms. The SMILES string of the molecule is CCC(CC)NC(=O)Nc1ccc(Oc2ccc(N)cc2)c(OC)c1.N. The van der Waals surface area contributed by atoms with Crippen molar-refractivity contribution in [3.8, 4) is 17.2 Å². The summed E-state index contributed by atoms with van der Waals surface area (Å²) in [6, 6.07) is 12.3. The summed E-state index contributed by atoms with van der Waals surface area (Å²) in [5, 5.41) is 5.74. The maximum atomic E-state index is 12.0. The molecule has 2 aromatic carbocycles. The topological polar surface area (TPSA) is 121 Å². The highest BCUT2D eigenvalue weighted by atomic mass is 16.5. The van der Waals surface area contributed by atoms with Crippen molar-refractivity contribution in [2.75, 3.05) is 18.2 Å². The first-order valence-corrected chi connectivity index (χ1v) is 8.34. The van der Waals surface area contributed by atoms with Crippen molar-refractivity contribution in [1.29, 1.82) is 0 Å². The third kappa shape index (κ3) is 5.86. The van der Waals surface area contributed by atoms with Crippen molar-refractivity contribution in [3.63, 3.8) is 0 Å². The lowest BCUT2D eigenvalue weighted by Gasteiger charge is -2.16. The second kappa shape index (κ2) is 10.1. The fraction of sp³-hybridized carbons (Fsp3) is 0.316. The van der Waals surface area contributed by atoms with Crippen LogP contribution in [0.4, 0.5) is 16.2 Å². The molecule has 0 unspecified atom stereocenters. The highest BCUT2D eigenvalue weighted by Gasteiger charge is 2.11. The van der Waals surface area contributed by atoms with Crippen LogP contribution < -0.4 is 32.0 Å². The van der Waals surface area contributed by atoms with Gasteiger partial charge in [0.2, 0.25) is 0 Å². The Kier molecular flexibility index (Phi) is 8.24. The van der Waals surface area contributed by atoms with E-state index in [0.717, 1.165) is 12.8 Å². The third-order valence-corrected chi connectivity index (χ3v) is 3.85. The molecule has 0 bridgehead atoms. The summed E-state index contributed by atoms with van der Waals surface area (Å²) < 4.78 is 11.2. The molecule has 0 aliphatic carbocycles. The molecule has 0 fully saturated rings. The molecule has 0 atom stereocenters. The van der Waals surface area contributed by atoms with Crippen LogP contribution in [-0.2, 0) is 0 Å². The van der Waals surface area contributed by atoms with Crippen LogP contribution in [0.15, 0.2) is 42.5 Å². The first-order valence-electron chi connectivity index (χ1n) is 8.34. The van der Waals surface area contributed by atoms with Gasteiger partial charge in [-0.15, -0.1) is 0 Å². The van der Waals surface area contributed by atoms with Crippen molar-refractivity contribution >= 4 is 17.4 Å². The van der Waals surface area contributed by atoms with Gasteiger partial charge >= 0.3 is 6.03 Å². The Labute approximate surface area is 154 Å². The van der Waals surface area contributed by atoms with E-state index in [1.165, 1.54) is 0 Å². The summed E-state index contributed by atoms with van der Waals surface area (Å²) in [4.78, 5) is 12.0. The van der Waals surface area contributed by atoms with Crippen LogP contribution >= 0.6 is 0 Å². The number of nitrogens with two attached hydrogens (primary N) is 1. The number of nitrogen functional groups attached to an aromatic ring is 1. The van der Waals surface area contributed by atoms with Crippen LogP contribution in [0, 0.1) is 0 Å². The molecule has 7 N–H and O–H groups in total. The first kappa shape index (κ1) is 21.1. The minimum Gasteiger partial charge on any atom is -0.493 e. The van der Waals surface area contributed by atoms with Gasteiger partial charge < -0.3 is 32.0 Å². The fourth-order valence-corrected chi connectivity index (χ4v) is 2.34. The van der Waals surface area contributed by atoms with Gasteiger partial charge in [-0.1, -0.05) is 13.8 Å². The number of benzene rings is 2. The average Bonchev–Trinajstić information content (AvgIpc) is 2.62. The van der Waals surface area contributed by atoms with Crippen LogP contribution in [0.3, 0.4) is 0 Å². The summed E-state index contributed by atoms with van der Waals surface area (Å²) in [6.07, 6.45) is 1.78. The van der Waals surface area contributed by atoms with E-state index in [2.05, 4.69) is 10.6 Å². The van der Waals surface area contributed by atoms with E-state index in [9.17, 15) is 4.79 Å². The van der Waals surface area contributed by atoms with Crippen molar-refractivity contribution in [1.82, 2.24) is 11.5 Å². The molecule has 0 saturated heterocycles. The Morgan fingerprint density at radius 3 is 2.31 bits per heavy atom. The predicted molar refractivity (Wildman–Crippen MR) is 105 cm³/mol. The highest BCUT2D eigenvalue weighted by molar-refractivity contribution is 5.89. The molecule has 0 aliphatic heterocycles. The van der Waals surface area contributed by atoms with Crippen molar-refractivity contribution in [2.24, 2.45) is 0 Å². The van der Waals surface area contributed by atoms with E-state index < -0.39 is 0 Å². The molecule has 2 amide bonds. The standard InChI is InChI=1S/C19H25N3O3.H3N/c1-4-14(5-2)21-19(23)22-15-8-11-17(18(12-15)24-3)25-16-9-6-13(20)7-10-16;/h6-12,14H,4-5,20H2,1-3H3,(H2,21,22,23);1H3. The minimum absolute atomic E-state index is 0. The lowest BCUT2D eigenvalue weighted by Crippen LogP contribution is -2.37. The van der Waals surface area contributed by atoms with E-state index in [1.54, 1.807) is 49.6 Å². The van der Waals surface area contributed by atoms with E-state index in [4.69, 9.17) is 15.2 Å². The summed E-state index contributed by atoms with van der Waals surface area (Å²) >= 11 is 0. The van der Waals surface area contributed by atoms with Gasteiger partial charge in [-0.3, -0.25) is 0 Å². The summed E-state index contributed by atoms with van der Waals surface area (Å²) in [7, 11) is 1.55. The molecule has 142 valence electrons. The monoisotopic (exact) mass is 360 g/mol. The number of hydrogen-bond acceptors (Lipinski definition) is 5. The zero-order chi connectivity index (χ0) is 18.2. The van der Waals surface area contributed by atoms with Crippen LogP contribution in [-0.4, -0.2) is 19.2 Å². The maximum absolute atomic E-state index is 12.0. The summed E-state index contributed by atoms with van der Waals surface area (Å²) in [5.41, 5.74) is 6.97. The lowest BCUT2D eigenvalue weighted by molar-refractivity contribution is 0.247. The number of urea groups is 1. The minimum atomic E-state index is -0.233. The molecule has 0 radical (unpaired) electrons.